The van der Waals surface area contributed by atoms with Crippen molar-refractivity contribution in [2.75, 3.05) is 6.61 Å². The number of aliphatic hydroxyl groups excluding tert-OH is 2. The van der Waals surface area contributed by atoms with Crippen molar-refractivity contribution >= 4 is 11.9 Å². The lowest BCUT2D eigenvalue weighted by Gasteiger charge is -1.95. The molecule has 1 atom stereocenters. The van der Waals surface area contributed by atoms with Crippen molar-refractivity contribution in [3.63, 3.8) is 0 Å². The van der Waals surface area contributed by atoms with Gasteiger partial charge in [-0.3, -0.25) is 9.59 Å². The SMILES string of the molecule is CC(O)CCO.CCC(=O)O.CCC(=O)O. The summed E-state index contributed by atoms with van der Waals surface area (Å²) in [7, 11) is 0. The van der Waals surface area contributed by atoms with Gasteiger partial charge < -0.3 is 20.4 Å². The highest BCUT2D eigenvalue weighted by atomic mass is 16.4. The predicted molar refractivity (Wildman–Crippen MR) is 59.2 cm³/mol. The number of hydrogen-bond donors (Lipinski definition) is 4. The first kappa shape index (κ1) is 20.3. The van der Waals surface area contributed by atoms with Crippen LogP contribution in [0.5, 0.6) is 0 Å². The Balaban J connectivity index is -0.000000160. The van der Waals surface area contributed by atoms with Crippen molar-refractivity contribution in [1.82, 2.24) is 0 Å². The Labute approximate surface area is 95.5 Å². The smallest absolute Gasteiger partial charge is 0.303 e. The van der Waals surface area contributed by atoms with Crippen LogP contribution in [0.4, 0.5) is 0 Å². The second-order valence-electron chi connectivity index (χ2n) is 2.86. The number of hydrogen-bond acceptors (Lipinski definition) is 4. The molecule has 0 spiro atoms. The van der Waals surface area contributed by atoms with Crippen molar-refractivity contribution in [3.8, 4) is 0 Å². The van der Waals surface area contributed by atoms with Crippen LogP contribution in [0, 0.1) is 0 Å². The molecule has 0 saturated carbocycles. The summed E-state index contributed by atoms with van der Waals surface area (Å²) in [5.41, 5.74) is 0. The zero-order chi connectivity index (χ0) is 13.6. The molecule has 0 aliphatic heterocycles. The lowest BCUT2D eigenvalue weighted by molar-refractivity contribution is -0.137. The van der Waals surface area contributed by atoms with Crippen LogP contribution in [0.3, 0.4) is 0 Å². The van der Waals surface area contributed by atoms with Crippen LogP contribution in [0.2, 0.25) is 0 Å². The molecule has 0 aromatic carbocycles. The fraction of sp³-hybridized carbons (Fsp3) is 0.800. The average molecular weight is 238 g/mol. The molecule has 6 nitrogen and oxygen atoms in total. The molecule has 0 bridgehead atoms. The van der Waals surface area contributed by atoms with Gasteiger partial charge in [-0.15, -0.1) is 0 Å². The molecule has 98 valence electrons. The molecule has 0 saturated heterocycles. The maximum absolute atomic E-state index is 9.37. The van der Waals surface area contributed by atoms with Gasteiger partial charge in [0.05, 0.1) is 6.10 Å². The molecule has 0 amide bonds. The number of aliphatic hydroxyl groups is 2. The van der Waals surface area contributed by atoms with Gasteiger partial charge in [-0.25, -0.2) is 0 Å². The Bertz CT molecular complexity index is 153. The summed E-state index contributed by atoms with van der Waals surface area (Å²) in [6, 6.07) is 0. The van der Waals surface area contributed by atoms with Crippen LogP contribution in [0.15, 0.2) is 0 Å². The quantitative estimate of drug-likeness (QED) is 0.573. The van der Waals surface area contributed by atoms with E-state index in [1.165, 1.54) is 0 Å². The van der Waals surface area contributed by atoms with Crippen molar-refractivity contribution < 1.29 is 30.0 Å². The van der Waals surface area contributed by atoms with Gasteiger partial charge in [-0.05, 0) is 13.3 Å². The molecule has 0 radical (unpaired) electrons. The van der Waals surface area contributed by atoms with E-state index in [0.717, 1.165) is 0 Å². The highest BCUT2D eigenvalue weighted by Crippen LogP contribution is 1.83. The zero-order valence-corrected chi connectivity index (χ0v) is 10.0. The zero-order valence-electron chi connectivity index (χ0n) is 10.0. The molecular formula is C10H22O6. The second-order valence-corrected chi connectivity index (χ2v) is 2.86. The fourth-order valence-electron chi connectivity index (χ4n) is 0.187. The molecule has 6 heteroatoms. The largest absolute Gasteiger partial charge is 0.481 e. The Morgan fingerprint density at radius 2 is 1.31 bits per heavy atom. The molecule has 4 N–H and O–H groups in total. The van der Waals surface area contributed by atoms with Gasteiger partial charge in [0, 0.05) is 19.4 Å². The van der Waals surface area contributed by atoms with Crippen LogP contribution in [0.1, 0.15) is 40.0 Å². The van der Waals surface area contributed by atoms with Gasteiger partial charge in [-0.1, -0.05) is 13.8 Å². The van der Waals surface area contributed by atoms with E-state index in [1.807, 2.05) is 0 Å². The summed E-state index contributed by atoms with van der Waals surface area (Å²) < 4.78 is 0. The van der Waals surface area contributed by atoms with E-state index in [0.29, 0.717) is 6.42 Å². The Morgan fingerprint density at radius 3 is 1.31 bits per heavy atom. The Morgan fingerprint density at radius 1 is 1.06 bits per heavy atom. The van der Waals surface area contributed by atoms with E-state index in [9.17, 15) is 9.59 Å². The fourth-order valence-corrected chi connectivity index (χ4v) is 0.187. The molecule has 1 unspecified atom stereocenters. The van der Waals surface area contributed by atoms with Crippen LogP contribution in [-0.4, -0.2) is 45.1 Å². The molecule has 0 fully saturated rings. The highest BCUT2D eigenvalue weighted by molar-refractivity contribution is 5.66. The van der Waals surface area contributed by atoms with Gasteiger partial charge in [0.15, 0.2) is 0 Å². The van der Waals surface area contributed by atoms with Gasteiger partial charge in [0.1, 0.15) is 0 Å². The molecule has 0 aromatic rings. The molecule has 0 aliphatic rings. The van der Waals surface area contributed by atoms with E-state index in [4.69, 9.17) is 20.4 Å². The summed E-state index contributed by atoms with van der Waals surface area (Å²) in [5.74, 6) is -1.49. The average Bonchev–Trinajstić information content (AvgIpc) is 2.19. The normalized spacial score (nSPS) is 10.1. The molecular weight excluding hydrogens is 216 g/mol. The maximum Gasteiger partial charge on any atom is 0.303 e. The summed E-state index contributed by atoms with van der Waals surface area (Å²) >= 11 is 0. The standard InChI is InChI=1S/C4H10O2.2C3H6O2/c1-4(6)2-3-5;2*1-2-3(4)5/h4-6H,2-3H2,1H3;2*2H2,1H3,(H,4,5). The van der Waals surface area contributed by atoms with Gasteiger partial charge in [0.2, 0.25) is 0 Å². The van der Waals surface area contributed by atoms with Gasteiger partial charge in [-0.2, -0.15) is 0 Å². The summed E-state index contributed by atoms with van der Waals surface area (Å²) in [4.78, 5) is 18.7. The Hall–Kier alpha value is -1.14. The predicted octanol–water partition coefficient (Wildman–Crippen LogP) is 0.712. The third-order valence-corrected chi connectivity index (χ3v) is 1.15. The van der Waals surface area contributed by atoms with E-state index in [1.54, 1.807) is 20.8 Å². The number of carboxylic acid groups (broad SMARTS) is 2. The molecule has 0 heterocycles. The van der Waals surface area contributed by atoms with Crippen LogP contribution >= 0.6 is 0 Å². The molecule has 16 heavy (non-hydrogen) atoms. The third-order valence-electron chi connectivity index (χ3n) is 1.15. The first-order chi connectivity index (χ1) is 7.31. The number of rotatable bonds is 4. The summed E-state index contributed by atoms with van der Waals surface area (Å²) in [6.45, 7) is 4.93. The van der Waals surface area contributed by atoms with Crippen LogP contribution in [-0.2, 0) is 9.59 Å². The van der Waals surface area contributed by atoms with E-state index in [-0.39, 0.29) is 25.6 Å². The monoisotopic (exact) mass is 238 g/mol. The Kier molecular flexibility index (Phi) is 20.7. The summed E-state index contributed by atoms with van der Waals surface area (Å²) in [5, 5.41) is 31.9. The van der Waals surface area contributed by atoms with E-state index < -0.39 is 11.9 Å². The van der Waals surface area contributed by atoms with Crippen molar-refractivity contribution in [3.05, 3.63) is 0 Å². The van der Waals surface area contributed by atoms with Crippen LogP contribution < -0.4 is 0 Å². The van der Waals surface area contributed by atoms with Crippen molar-refractivity contribution in [2.24, 2.45) is 0 Å². The molecule has 0 rings (SSSR count). The highest BCUT2D eigenvalue weighted by Gasteiger charge is 1.88. The number of aliphatic carboxylic acids is 2. The van der Waals surface area contributed by atoms with Crippen molar-refractivity contribution in [1.29, 1.82) is 0 Å². The lowest BCUT2D eigenvalue weighted by Crippen LogP contribution is -2.00. The minimum atomic E-state index is -0.745. The van der Waals surface area contributed by atoms with Gasteiger partial charge >= 0.3 is 11.9 Å². The third kappa shape index (κ3) is 52.7. The second kappa shape index (κ2) is 16.3. The topological polar surface area (TPSA) is 115 Å². The maximum atomic E-state index is 9.37. The first-order valence-electron chi connectivity index (χ1n) is 5.04. The van der Waals surface area contributed by atoms with Crippen LogP contribution in [0.25, 0.3) is 0 Å². The first-order valence-corrected chi connectivity index (χ1v) is 5.04. The number of carbonyl (C=O) groups is 2. The van der Waals surface area contributed by atoms with Crippen molar-refractivity contribution in [2.45, 2.75) is 46.1 Å². The minimum Gasteiger partial charge on any atom is -0.481 e. The van der Waals surface area contributed by atoms with E-state index in [2.05, 4.69) is 0 Å². The summed E-state index contributed by atoms with van der Waals surface area (Å²) in [6.07, 6.45) is 0.579. The molecule has 0 aliphatic carbocycles. The number of carboxylic acids is 2. The molecule has 0 aromatic heterocycles. The van der Waals surface area contributed by atoms with E-state index >= 15 is 0 Å². The lowest BCUT2D eigenvalue weighted by atomic mass is 10.3. The minimum absolute atomic E-state index is 0.0810. The van der Waals surface area contributed by atoms with Gasteiger partial charge in [0.25, 0.3) is 0 Å².